The van der Waals surface area contributed by atoms with Crippen molar-refractivity contribution in [2.75, 3.05) is 0 Å². The Bertz CT molecular complexity index is 179. The van der Waals surface area contributed by atoms with Crippen molar-refractivity contribution in [1.29, 1.82) is 5.26 Å². The van der Waals surface area contributed by atoms with E-state index in [1.54, 1.807) is 11.7 Å². The van der Waals surface area contributed by atoms with E-state index in [-0.39, 0.29) is 24.8 Å². The van der Waals surface area contributed by atoms with Crippen LogP contribution in [0.25, 0.3) is 0 Å². The summed E-state index contributed by atoms with van der Waals surface area (Å²) in [5.74, 6) is 0. The molecule has 0 saturated heterocycles. The van der Waals surface area contributed by atoms with Gasteiger partial charge in [0.05, 0.1) is 11.7 Å². The molecule has 0 atom stereocenters. The number of nitrogens with zero attached hydrogens (tertiary/aromatic N) is 2. The van der Waals surface area contributed by atoms with Gasteiger partial charge in [-0.15, -0.1) is 36.2 Å². The van der Waals surface area contributed by atoms with Crippen LogP contribution in [0.2, 0.25) is 0 Å². The molecule has 0 radical (unpaired) electrons. The molecule has 0 saturated carbocycles. The second kappa shape index (κ2) is 5.83. The Labute approximate surface area is 69.4 Å². The van der Waals surface area contributed by atoms with Crippen LogP contribution in [0, 0.1) is 11.3 Å². The van der Waals surface area contributed by atoms with Crippen molar-refractivity contribution >= 4 is 36.2 Å². The largest absolute Gasteiger partial charge is 0.252 e. The summed E-state index contributed by atoms with van der Waals surface area (Å²) in [5.41, 5.74) is 1.64. The molecule has 0 amide bonds. The molecule has 2 nitrogen and oxygen atoms in total. The molecule has 0 unspecified atom stereocenters. The van der Waals surface area contributed by atoms with Gasteiger partial charge in [0.1, 0.15) is 10.9 Å². The van der Waals surface area contributed by atoms with Gasteiger partial charge in [-0.1, -0.05) is 0 Å². The van der Waals surface area contributed by atoms with Crippen LogP contribution in [0.4, 0.5) is 0 Å². The van der Waals surface area contributed by atoms with E-state index in [2.05, 4.69) is 4.98 Å². The number of hydrogen-bond acceptors (Lipinski definition) is 3. The zero-order chi connectivity index (χ0) is 5.11. The third-order valence-electron chi connectivity index (χ3n) is 0.543. The van der Waals surface area contributed by atoms with Gasteiger partial charge in [0.25, 0.3) is 0 Å². The lowest BCUT2D eigenvalue weighted by Crippen LogP contribution is -1.53. The lowest BCUT2D eigenvalue weighted by Gasteiger charge is -1.60. The molecule has 0 fully saturated rings. The maximum absolute atomic E-state index is 8.15. The first-order valence-corrected chi connectivity index (χ1v) is 2.60. The average Bonchev–Trinajstić information content (AvgIpc) is 2.14. The van der Waals surface area contributed by atoms with Crippen LogP contribution in [0.15, 0.2) is 11.7 Å². The van der Waals surface area contributed by atoms with E-state index >= 15 is 0 Å². The number of nitriles is 1. The molecule has 0 N–H and O–H groups in total. The minimum absolute atomic E-state index is 0. The Morgan fingerprint density at radius 3 is 2.44 bits per heavy atom. The summed E-state index contributed by atoms with van der Waals surface area (Å²) in [5, 5.41) is 8.15. The lowest BCUT2D eigenvalue weighted by molar-refractivity contribution is 1.41. The number of rotatable bonds is 0. The summed E-state index contributed by atoms with van der Waals surface area (Å²) in [6.45, 7) is 0. The second-order valence-electron chi connectivity index (χ2n) is 0.977. The Balaban J connectivity index is 0. The zero-order valence-corrected chi connectivity index (χ0v) is 6.72. The molecule has 9 heavy (non-hydrogen) atoms. The third-order valence-corrected chi connectivity index (χ3v) is 1.22. The predicted molar refractivity (Wildman–Crippen MR) is 41.3 cm³/mol. The Morgan fingerprint density at radius 2 is 2.22 bits per heavy atom. The molecule has 1 heterocycles. The highest BCUT2D eigenvalue weighted by atomic mass is 35.5. The highest BCUT2D eigenvalue weighted by Gasteiger charge is 1.84. The Morgan fingerprint density at radius 1 is 1.56 bits per heavy atom. The molecule has 0 aliphatic rings. The van der Waals surface area contributed by atoms with Gasteiger partial charge in [-0.05, 0) is 0 Å². The summed E-state index contributed by atoms with van der Waals surface area (Å²) in [7, 11) is 0. The number of hydrogen-bond donors (Lipinski definition) is 0. The van der Waals surface area contributed by atoms with Crippen LogP contribution in [-0.4, -0.2) is 4.98 Å². The van der Waals surface area contributed by atoms with E-state index in [0.29, 0.717) is 4.88 Å². The molecule has 1 aromatic rings. The van der Waals surface area contributed by atoms with Gasteiger partial charge < -0.3 is 0 Å². The molecule has 5 heteroatoms. The Kier molecular flexibility index (Phi) is 7.44. The van der Waals surface area contributed by atoms with E-state index in [4.69, 9.17) is 5.26 Å². The van der Waals surface area contributed by atoms with Gasteiger partial charge in [-0.3, -0.25) is 4.98 Å². The molecule has 1 rings (SSSR count). The van der Waals surface area contributed by atoms with E-state index in [1.807, 2.05) is 6.07 Å². The van der Waals surface area contributed by atoms with E-state index in [1.165, 1.54) is 11.3 Å². The first-order chi connectivity index (χ1) is 3.43. The third kappa shape index (κ3) is 3.31. The van der Waals surface area contributed by atoms with Crippen LogP contribution < -0.4 is 0 Å². The molecular formula is C4H4Cl2N2S. The summed E-state index contributed by atoms with van der Waals surface area (Å²) < 4.78 is 0. The monoisotopic (exact) mass is 182 g/mol. The zero-order valence-electron chi connectivity index (χ0n) is 4.27. The topological polar surface area (TPSA) is 36.7 Å². The predicted octanol–water partition coefficient (Wildman–Crippen LogP) is 1.86. The van der Waals surface area contributed by atoms with Crippen molar-refractivity contribution in [1.82, 2.24) is 4.98 Å². The molecule has 0 spiro atoms. The van der Waals surface area contributed by atoms with Gasteiger partial charge >= 0.3 is 0 Å². The van der Waals surface area contributed by atoms with Gasteiger partial charge in [0.15, 0.2) is 0 Å². The van der Waals surface area contributed by atoms with E-state index in [0.717, 1.165) is 0 Å². The standard InChI is InChI=1S/C4H2N2S.2ClH/c5-1-4-2-6-3-7-4;;/h2-3H;2*1H. The fourth-order valence-electron chi connectivity index (χ4n) is 0.271. The highest BCUT2D eigenvalue weighted by Crippen LogP contribution is 2.00. The minimum atomic E-state index is 0. The van der Waals surface area contributed by atoms with Crippen LogP contribution in [0.1, 0.15) is 4.88 Å². The van der Waals surface area contributed by atoms with Crippen molar-refractivity contribution < 1.29 is 0 Å². The molecule has 50 valence electrons. The van der Waals surface area contributed by atoms with Crippen molar-refractivity contribution in [3.8, 4) is 6.07 Å². The fraction of sp³-hybridized carbons (Fsp3) is 0. The maximum atomic E-state index is 8.15. The average molecular weight is 183 g/mol. The summed E-state index contributed by atoms with van der Waals surface area (Å²) in [4.78, 5) is 4.36. The quantitative estimate of drug-likeness (QED) is 0.615. The molecule has 0 bridgehead atoms. The molecule has 0 aromatic carbocycles. The van der Waals surface area contributed by atoms with Gasteiger partial charge in [-0.25, -0.2) is 0 Å². The maximum Gasteiger partial charge on any atom is 0.124 e. The minimum Gasteiger partial charge on any atom is -0.252 e. The number of halogens is 2. The number of aromatic nitrogens is 1. The summed E-state index contributed by atoms with van der Waals surface area (Å²) >= 11 is 1.35. The smallest absolute Gasteiger partial charge is 0.124 e. The first-order valence-electron chi connectivity index (χ1n) is 1.72. The van der Waals surface area contributed by atoms with Gasteiger partial charge in [0, 0.05) is 0 Å². The van der Waals surface area contributed by atoms with Crippen LogP contribution in [0.3, 0.4) is 0 Å². The van der Waals surface area contributed by atoms with Crippen molar-refractivity contribution in [2.45, 2.75) is 0 Å². The van der Waals surface area contributed by atoms with E-state index < -0.39 is 0 Å². The second-order valence-corrected chi connectivity index (χ2v) is 1.86. The summed E-state index contributed by atoms with van der Waals surface area (Å²) in [6.07, 6.45) is 1.55. The van der Waals surface area contributed by atoms with Crippen LogP contribution in [0.5, 0.6) is 0 Å². The van der Waals surface area contributed by atoms with Gasteiger partial charge in [-0.2, -0.15) is 5.26 Å². The van der Waals surface area contributed by atoms with Crippen LogP contribution >= 0.6 is 36.2 Å². The molecular weight excluding hydrogens is 179 g/mol. The van der Waals surface area contributed by atoms with Crippen molar-refractivity contribution in [3.05, 3.63) is 16.6 Å². The molecule has 0 aliphatic carbocycles. The number of thiazole rings is 1. The normalized spacial score (nSPS) is 6.11. The molecule has 1 aromatic heterocycles. The molecule has 0 aliphatic heterocycles. The first kappa shape index (κ1) is 11.5. The highest BCUT2D eigenvalue weighted by molar-refractivity contribution is 7.10. The van der Waals surface area contributed by atoms with Gasteiger partial charge in [0.2, 0.25) is 0 Å². The van der Waals surface area contributed by atoms with Crippen LogP contribution in [-0.2, 0) is 0 Å². The lowest BCUT2D eigenvalue weighted by atomic mass is 10.6. The Hall–Kier alpha value is -0.300. The van der Waals surface area contributed by atoms with E-state index in [9.17, 15) is 0 Å². The summed E-state index contributed by atoms with van der Waals surface area (Å²) in [6, 6.07) is 1.96. The van der Waals surface area contributed by atoms with Crippen molar-refractivity contribution in [3.63, 3.8) is 0 Å². The SMILES string of the molecule is Cl.Cl.N#Cc1cncs1. The van der Waals surface area contributed by atoms with Crippen molar-refractivity contribution in [2.24, 2.45) is 0 Å². The fourth-order valence-corrected chi connectivity index (χ4v) is 0.681.